The number of aliphatic imine (C=N–C) groups is 1. The zero-order valence-corrected chi connectivity index (χ0v) is 17.1. The molecule has 1 aromatic rings. The minimum absolute atomic E-state index is 0.183. The second-order valence-corrected chi connectivity index (χ2v) is 9.20. The summed E-state index contributed by atoms with van der Waals surface area (Å²) in [6.45, 7) is 2.23. The van der Waals surface area contributed by atoms with Crippen LogP contribution in [0.25, 0.3) is 0 Å². The number of carbonyl (C=O) groups is 1. The van der Waals surface area contributed by atoms with Crippen LogP contribution < -0.4 is 16.0 Å². The first-order valence-electron chi connectivity index (χ1n) is 10.1. The Morgan fingerprint density at radius 2 is 1.81 bits per heavy atom. The van der Waals surface area contributed by atoms with E-state index in [4.69, 9.17) is 0 Å². The number of hydrogen-bond donors (Lipinski definition) is 3. The fourth-order valence-electron chi connectivity index (χ4n) is 3.59. The Kier molecular flexibility index (Phi) is 7.44. The molecular weight excluding hydrogens is 356 g/mol. The van der Waals surface area contributed by atoms with Crippen LogP contribution in [0, 0.1) is 5.92 Å². The van der Waals surface area contributed by atoms with Gasteiger partial charge in [0.15, 0.2) is 5.96 Å². The Bertz CT molecular complexity index is 624. The molecule has 0 saturated heterocycles. The summed E-state index contributed by atoms with van der Waals surface area (Å²) in [7, 11) is 1.79. The van der Waals surface area contributed by atoms with Crippen molar-refractivity contribution >= 4 is 23.6 Å². The van der Waals surface area contributed by atoms with E-state index in [2.05, 4.69) is 51.3 Å². The molecule has 2 aliphatic carbocycles. The number of carbonyl (C=O) groups excluding carboxylic acids is 1. The van der Waals surface area contributed by atoms with Gasteiger partial charge in [-0.1, -0.05) is 31.0 Å². The summed E-state index contributed by atoms with van der Waals surface area (Å²) in [4.78, 5) is 17.6. The van der Waals surface area contributed by atoms with E-state index >= 15 is 0 Å². The van der Waals surface area contributed by atoms with Gasteiger partial charge in [-0.3, -0.25) is 9.79 Å². The number of nitrogens with one attached hydrogen (secondary N) is 3. The summed E-state index contributed by atoms with van der Waals surface area (Å²) in [5.41, 5.74) is 0. The van der Waals surface area contributed by atoms with Crippen LogP contribution in [0.3, 0.4) is 0 Å². The third-order valence-electron chi connectivity index (χ3n) is 5.38. The first-order valence-corrected chi connectivity index (χ1v) is 11.0. The molecule has 3 rings (SSSR count). The highest BCUT2D eigenvalue weighted by atomic mass is 32.2. The summed E-state index contributed by atoms with van der Waals surface area (Å²) in [6.07, 6.45) is 8.14. The van der Waals surface area contributed by atoms with Gasteiger partial charge in [0.05, 0.1) is 0 Å². The maximum Gasteiger partial charge on any atom is 0.220 e. The highest BCUT2D eigenvalue weighted by Crippen LogP contribution is 2.51. The molecule has 0 unspecified atom stereocenters. The molecule has 3 N–H and O–H groups in total. The summed E-state index contributed by atoms with van der Waals surface area (Å²) in [6, 6.07) is 10.6. The van der Waals surface area contributed by atoms with Gasteiger partial charge in [0.1, 0.15) is 0 Å². The molecule has 1 aromatic carbocycles. The van der Waals surface area contributed by atoms with Crippen molar-refractivity contribution in [2.75, 3.05) is 26.7 Å². The van der Waals surface area contributed by atoms with E-state index < -0.39 is 0 Å². The van der Waals surface area contributed by atoms with Crippen molar-refractivity contribution in [3.63, 3.8) is 0 Å². The molecule has 148 valence electrons. The average molecular weight is 389 g/mol. The lowest BCUT2D eigenvalue weighted by Gasteiger charge is -2.18. The van der Waals surface area contributed by atoms with E-state index in [1.54, 1.807) is 7.05 Å². The minimum Gasteiger partial charge on any atom is -0.355 e. The Hall–Kier alpha value is -1.69. The summed E-state index contributed by atoms with van der Waals surface area (Å²) in [5, 5.41) is 9.76. The third-order valence-corrected chi connectivity index (χ3v) is 6.87. The predicted octanol–water partition coefficient (Wildman–Crippen LogP) is 3.17. The van der Waals surface area contributed by atoms with E-state index in [1.165, 1.54) is 43.4 Å². The fraction of sp³-hybridized carbons (Fsp3) is 0.619. The Labute approximate surface area is 167 Å². The Morgan fingerprint density at radius 3 is 2.48 bits per heavy atom. The van der Waals surface area contributed by atoms with Gasteiger partial charge in [-0.25, -0.2) is 0 Å². The average Bonchev–Trinajstić information content (AvgIpc) is 3.24. The van der Waals surface area contributed by atoms with Gasteiger partial charge in [-0.2, -0.15) is 0 Å². The van der Waals surface area contributed by atoms with E-state index in [9.17, 15) is 4.79 Å². The summed E-state index contributed by atoms with van der Waals surface area (Å²) < 4.78 is 0.286. The van der Waals surface area contributed by atoms with Crippen LogP contribution in [0.5, 0.6) is 0 Å². The molecule has 0 spiro atoms. The third kappa shape index (κ3) is 6.76. The maximum atomic E-state index is 12.0. The monoisotopic (exact) mass is 388 g/mol. The fourth-order valence-corrected chi connectivity index (χ4v) is 4.83. The molecule has 2 saturated carbocycles. The Balaban J connectivity index is 1.31. The molecule has 6 heteroatoms. The molecule has 5 nitrogen and oxygen atoms in total. The van der Waals surface area contributed by atoms with Gasteiger partial charge >= 0.3 is 0 Å². The minimum atomic E-state index is 0.183. The number of guanidine groups is 1. The van der Waals surface area contributed by atoms with Crippen LogP contribution in [0.2, 0.25) is 0 Å². The van der Waals surface area contributed by atoms with Crippen LogP contribution in [0.1, 0.15) is 44.9 Å². The first-order chi connectivity index (χ1) is 13.2. The van der Waals surface area contributed by atoms with Gasteiger partial charge in [0, 0.05) is 42.7 Å². The van der Waals surface area contributed by atoms with Crippen molar-refractivity contribution < 1.29 is 4.79 Å². The standard InChI is InChI=1S/C21H32N4OS/c1-22-20(24-14-13-23-19(26)15-17-7-5-6-8-17)25-16-21(11-12-21)27-18-9-3-2-4-10-18/h2-4,9-10,17H,5-8,11-16H2,1H3,(H,23,26)(H2,22,24,25). The zero-order chi connectivity index (χ0) is 19.0. The largest absolute Gasteiger partial charge is 0.355 e. The lowest BCUT2D eigenvalue weighted by Crippen LogP contribution is -2.44. The van der Waals surface area contributed by atoms with Crippen LogP contribution >= 0.6 is 11.8 Å². The number of benzene rings is 1. The second kappa shape index (κ2) is 10.0. The van der Waals surface area contributed by atoms with Crippen molar-refractivity contribution in [2.24, 2.45) is 10.9 Å². The van der Waals surface area contributed by atoms with Gasteiger partial charge in [-0.15, -0.1) is 11.8 Å². The second-order valence-electron chi connectivity index (χ2n) is 7.66. The highest BCUT2D eigenvalue weighted by Gasteiger charge is 2.43. The molecule has 0 heterocycles. The number of rotatable bonds is 9. The number of nitrogens with zero attached hydrogens (tertiary/aromatic N) is 1. The molecule has 2 fully saturated rings. The van der Waals surface area contributed by atoms with Crippen LogP contribution in [-0.2, 0) is 4.79 Å². The topological polar surface area (TPSA) is 65.5 Å². The van der Waals surface area contributed by atoms with Crippen molar-refractivity contribution in [3.8, 4) is 0 Å². The molecule has 0 atom stereocenters. The van der Waals surface area contributed by atoms with Gasteiger partial charge in [-0.05, 0) is 43.7 Å². The van der Waals surface area contributed by atoms with Gasteiger partial charge in [0.25, 0.3) is 0 Å². The summed E-state index contributed by atoms with van der Waals surface area (Å²) >= 11 is 1.95. The number of hydrogen-bond acceptors (Lipinski definition) is 3. The predicted molar refractivity (Wildman–Crippen MR) is 113 cm³/mol. The van der Waals surface area contributed by atoms with Crippen LogP contribution in [0.4, 0.5) is 0 Å². The number of amides is 1. The van der Waals surface area contributed by atoms with E-state index in [-0.39, 0.29) is 10.7 Å². The maximum absolute atomic E-state index is 12.0. The molecule has 2 aliphatic rings. The van der Waals surface area contributed by atoms with Crippen LogP contribution in [-0.4, -0.2) is 43.3 Å². The van der Waals surface area contributed by atoms with E-state index in [0.29, 0.717) is 25.4 Å². The molecule has 1 amide bonds. The van der Waals surface area contributed by atoms with Crippen molar-refractivity contribution in [1.29, 1.82) is 0 Å². The lowest BCUT2D eigenvalue weighted by molar-refractivity contribution is -0.121. The lowest BCUT2D eigenvalue weighted by atomic mass is 10.0. The van der Waals surface area contributed by atoms with Crippen molar-refractivity contribution in [2.45, 2.75) is 54.6 Å². The summed E-state index contributed by atoms with van der Waals surface area (Å²) in [5.74, 6) is 1.59. The van der Waals surface area contributed by atoms with Crippen molar-refractivity contribution in [1.82, 2.24) is 16.0 Å². The van der Waals surface area contributed by atoms with Gasteiger partial charge in [0.2, 0.25) is 5.91 Å². The van der Waals surface area contributed by atoms with E-state index in [1.807, 2.05) is 11.8 Å². The molecule has 27 heavy (non-hydrogen) atoms. The van der Waals surface area contributed by atoms with E-state index in [0.717, 1.165) is 12.5 Å². The SMILES string of the molecule is CN=C(NCCNC(=O)CC1CCCC1)NCC1(Sc2ccccc2)CC1. The number of thioether (sulfide) groups is 1. The molecular formula is C21H32N4OS. The molecule has 0 aromatic heterocycles. The van der Waals surface area contributed by atoms with Crippen molar-refractivity contribution in [3.05, 3.63) is 30.3 Å². The highest BCUT2D eigenvalue weighted by molar-refractivity contribution is 8.01. The zero-order valence-electron chi connectivity index (χ0n) is 16.3. The van der Waals surface area contributed by atoms with Gasteiger partial charge < -0.3 is 16.0 Å². The molecule has 0 bridgehead atoms. The normalized spacial score (nSPS) is 18.9. The molecule has 0 radical (unpaired) electrons. The Morgan fingerprint density at radius 1 is 1.11 bits per heavy atom. The smallest absolute Gasteiger partial charge is 0.220 e. The molecule has 0 aliphatic heterocycles. The van der Waals surface area contributed by atoms with Crippen LogP contribution in [0.15, 0.2) is 40.2 Å². The quantitative estimate of drug-likeness (QED) is 0.345. The first kappa shape index (κ1) is 20.1.